The van der Waals surface area contributed by atoms with Crippen LogP contribution < -0.4 is 0 Å². The fourth-order valence-corrected chi connectivity index (χ4v) is 3.42. The molecular formula is C23H29N3O3. The molecular weight excluding hydrogens is 366 g/mol. The fourth-order valence-electron chi connectivity index (χ4n) is 3.42. The molecule has 6 heteroatoms. The molecule has 6 nitrogen and oxygen atoms in total. The predicted octanol–water partition coefficient (Wildman–Crippen LogP) is 3.49. The third-order valence-electron chi connectivity index (χ3n) is 4.88. The molecule has 0 N–H and O–H groups in total. The standard InChI is InChI=1S/C23H29N3O3/c1-23(2,3)29-22(28)26-15-13-25(14-16-26)21(27)20(18-9-5-4-6-10-18)17-19-11-7-8-12-24-19/h4-12,20H,13-17H2,1-3H3. The molecule has 0 aliphatic carbocycles. The van der Waals surface area contributed by atoms with Gasteiger partial charge in [0.2, 0.25) is 5.91 Å². The molecule has 2 heterocycles. The number of carbonyl (C=O) groups excluding carboxylic acids is 2. The average Bonchev–Trinajstić information content (AvgIpc) is 2.72. The first-order chi connectivity index (χ1) is 13.8. The number of nitrogens with zero attached hydrogens (tertiary/aromatic N) is 3. The average molecular weight is 396 g/mol. The first kappa shape index (κ1) is 20.8. The van der Waals surface area contributed by atoms with E-state index in [4.69, 9.17) is 4.74 Å². The second-order valence-corrected chi connectivity index (χ2v) is 8.28. The van der Waals surface area contributed by atoms with Crippen LogP contribution in [-0.2, 0) is 16.0 Å². The maximum absolute atomic E-state index is 13.4. The number of rotatable bonds is 4. The van der Waals surface area contributed by atoms with Crippen LogP contribution in [0.3, 0.4) is 0 Å². The van der Waals surface area contributed by atoms with Crippen molar-refractivity contribution in [1.82, 2.24) is 14.8 Å². The van der Waals surface area contributed by atoms with Crippen LogP contribution in [0.5, 0.6) is 0 Å². The van der Waals surface area contributed by atoms with Gasteiger partial charge < -0.3 is 14.5 Å². The highest BCUT2D eigenvalue weighted by Crippen LogP contribution is 2.24. The van der Waals surface area contributed by atoms with E-state index in [-0.39, 0.29) is 17.9 Å². The molecule has 1 aromatic carbocycles. The smallest absolute Gasteiger partial charge is 0.410 e. The molecule has 0 bridgehead atoms. The maximum Gasteiger partial charge on any atom is 0.410 e. The third-order valence-corrected chi connectivity index (χ3v) is 4.88. The van der Waals surface area contributed by atoms with Gasteiger partial charge in [-0.3, -0.25) is 9.78 Å². The largest absolute Gasteiger partial charge is 0.444 e. The zero-order valence-corrected chi connectivity index (χ0v) is 17.4. The van der Waals surface area contributed by atoms with Gasteiger partial charge in [-0.15, -0.1) is 0 Å². The van der Waals surface area contributed by atoms with E-state index < -0.39 is 5.60 Å². The lowest BCUT2D eigenvalue weighted by Crippen LogP contribution is -2.52. The molecule has 0 spiro atoms. The van der Waals surface area contributed by atoms with Crippen molar-refractivity contribution < 1.29 is 14.3 Å². The minimum atomic E-state index is -0.523. The molecule has 2 aromatic rings. The van der Waals surface area contributed by atoms with E-state index in [0.717, 1.165) is 11.3 Å². The Morgan fingerprint density at radius 2 is 1.59 bits per heavy atom. The molecule has 1 saturated heterocycles. The third kappa shape index (κ3) is 5.79. The van der Waals surface area contributed by atoms with Crippen LogP contribution in [0, 0.1) is 0 Å². The normalized spacial score (nSPS) is 15.7. The van der Waals surface area contributed by atoms with Crippen LogP contribution in [0.2, 0.25) is 0 Å². The summed E-state index contributed by atoms with van der Waals surface area (Å²) in [5, 5.41) is 0. The van der Waals surface area contributed by atoms with Crippen LogP contribution >= 0.6 is 0 Å². The predicted molar refractivity (Wildman–Crippen MR) is 112 cm³/mol. The van der Waals surface area contributed by atoms with Gasteiger partial charge in [0, 0.05) is 44.5 Å². The van der Waals surface area contributed by atoms with Crippen molar-refractivity contribution in [3.63, 3.8) is 0 Å². The van der Waals surface area contributed by atoms with Gasteiger partial charge in [-0.25, -0.2) is 4.79 Å². The van der Waals surface area contributed by atoms with Gasteiger partial charge in [-0.1, -0.05) is 36.4 Å². The summed E-state index contributed by atoms with van der Waals surface area (Å²) in [4.78, 5) is 33.6. The lowest BCUT2D eigenvalue weighted by molar-refractivity contribution is -0.134. The van der Waals surface area contributed by atoms with Gasteiger partial charge in [-0.2, -0.15) is 0 Å². The zero-order chi connectivity index (χ0) is 20.9. The molecule has 2 amide bonds. The molecule has 1 aliphatic heterocycles. The number of hydrogen-bond acceptors (Lipinski definition) is 4. The van der Waals surface area contributed by atoms with E-state index in [1.165, 1.54) is 0 Å². The van der Waals surface area contributed by atoms with E-state index in [9.17, 15) is 9.59 Å². The van der Waals surface area contributed by atoms with Crippen molar-refractivity contribution in [3.05, 3.63) is 66.0 Å². The maximum atomic E-state index is 13.4. The second kappa shape index (κ2) is 9.07. The molecule has 29 heavy (non-hydrogen) atoms. The Hall–Kier alpha value is -2.89. The summed E-state index contributed by atoms with van der Waals surface area (Å²) >= 11 is 0. The molecule has 154 valence electrons. The molecule has 1 atom stereocenters. The fraction of sp³-hybridized carbons (Fsp3) is 0.435. The number of benzene rings is 1. The van der Waals surface area contributed by atoms with Crippen molar-refractivity contribution in [2.45, 2.75) is 38.7 Å². The van der Waals surface area contributed by atoms with Crippen LogP contribution in [0.4, 0.5) is 4.79 Å². The minimum Gasteiger partial charge on any atom is -0.444 e. The Bertz CT molecular complexity index is 810. The Morgan fingerprint density at radius 1 is 0.966 bits per heavy atom. The number of hydrogen-bond donors (Lipinski definition) is 0. The summed E-state index contributed by atoms with van der Waals surface area (Å²) in [7, 11) is 0. The van der Waals surface area contributed by atoms with E-state index in [0.29, 0.717) is 32.6 Å². The number of pyridine rings is 1. The highest BCUT2D eigenvalue weighted by atomic mass is 16.6. The summed E-state index contributed by atoms with van der Waals surface area (Å²) in [5.74, 6) is -0.218. The first-order valence-corrected chi connectivity index (χ1v) is 10.0. The summed E-state index contributed by atoms with van der Waals surface area (Å²) in [6.07, 6.45) is 1.98. The highest BCUT2D eigenvalue weighted by Gasteiger charge is 2.31. The van der Waals surface area contributed by atoms with Crippen LogP contribution in [0.25, 0.3) is 0 Å². The van der Waals surface area contributed by atoms with E-state index in [1.807, 2.05) is 74.2 Å². The summed E-state index contributed by atoms with van der Waals surface area (Å²) < 4.78 is 5.44. The summed E-state index contributed by atoms with van der Waals surface area (Å²) in [5.41, 5.74) is 1.35. The van der Waals surface area contributed by atoms with Crippen molar-refractivity contribution in [3.8, 4) is 0 Å². The van der Waals surface area contributed by atoms with Crippen molar-refractivity contribution in [2.24, 2.45) is 0 Å². The topological polar surface area (TPSA) is 62.7 Å². The molecule has 3 rings (SSSR count). The minimum absolute atomic E-state index is 0.0747. The monoisotopic (exact) mass is 395 g/mol. The first-order valence-electron chi connectivity index (χ1n) is 10.0. The van der Waals surface area contributed by atoms with Crippen LogP contribution in [0.1, 0.15) is 37.9 Å². The molecule has 1 fully saturated rings. The molecule has 1 aliphatic rings. The SMILES string of the molecule is CC(C)(C)OC(=O)N1CCN(C(=O)C(Cc2ccccn2)c2ccccc2)CC1. The van der Waals surface area contributed by atoms with Gasteiger partial charge in [0.05, 0.1) is 5.92 Å². The zero-order valence-electron chi connectivity index (χ0n) is 17.4. The van der Waals surface area contributed by atoms with Gasteiger partial charge in [-0.05, 0) is 38.5 Å². The van der Waals surface area contributed by atoms with Crippen molar-refractivity contribution in [2.75, 3.05) is 26.2 Å². The Balaban J connectivity index is 1.68. The molecule has 0 saturated carbocycles. The van der Waals surface area contributed by atoms with Gasteiger partial charge in [0.25, 0.3) is 0 Å². The summed E-state index contributed by atoms with van der Waals surface area (Å²) in [6, 6.07) is 15.6. The van der Waals surface area contributed by atoms with E-state index >= 15 is 0 Å². The number of carbonyl (C=O) groups is 2. The van der Waals surface area contributed by atoms with Crippen molar-refractivity contribution in [1.29, 1.82) is 0 Å². The quantitative estimate of drug-likeness (QED) is 0.795. The van der Waals surface area contributed by atoms with Crippen LogP contribution in [-0.4, -0.2) is 58.6 Å². The molecule has 1 unspecified atom stereocenters. The number of amides is 2. The summed E-state index contributed by atoms with van der Waals surface area (Å²) in [6.45, 7) is 7.52. The number of ether oxygens (including phenoxy) is 1. The van der Waals surface area contributed by atoms with Gasteiger partial charge in [0.1, 0.15) is 5.60 Å². The Labute approximate surface area is 172 Å². The number of aromatic nitrogens is 1. The van der Waals surface area contributed by atoms with Gasteiger partial charge >= 0.3 is 6.09 Å². The Kier molecular flexibility index (Phi) is 6.52. The van der Waals surface area contributed by atoms with Crippen LogP contribution in [0.15, 0.2) is 54.7 Å². The molecule has 0 radical (unpaired) electrons. The highest BCUT2D eigenvalue weighted by molar-refractivity contribution is 5.84. The lowest BCUT2D eigenvalue weighted by atomic mass is 9.92. The molecule has 1 aromatic heterocycles. The second-order valence-electron chi connectivity index (χ2n) is 8.28. The Morgan fingerprint density at radius 3 is 2.17 bits per heavy atom. The number of piperazine rings is 1. The lowest BCUT2D eigenvalue weighted by Gasteiger charge is -2.37. The van der Waals surface area contributed by atoms with E-state index in [2.05, 4.69) is 4.98 Å². The van der Waals surface area contributed by atoms with E-state index in [1.54, 1.807) is 11.1 Å². The van der Waals surface area contributed by atoms with Crippen molar-refractivity contribution >= 4 is 12.0 Å². The van der Waals surface area contributed by atoms with Gasteiger partial charge in [0.15, 0.2) is 0 Å².